The molecule has 0 amide bonds. The minimum Gasteiger partial charge on any atom is -0.333 e. The molecule has 4 nitrogen and oxygen atoms in total. The summed E-state index contributed by atoms with van der Waals surface area (Å²) in [5, 5.41) is 10.3. The Labute approximate surface area is 120 Å². The summed E-state index contributed by atoms with van der Waals surface area (Å²) in [7, 11) is 0. The number of H-pyrrole nitrogens is 1. The van der Waals surface area contributed by atoms with Crippen molar-refractivity contribution in [3.05, 3.63) is 60.4 Å². The highest BCUT2D eigenvalue weighted by atomic mass is 32.2. The van der Waals surface area contributed by atoms with Crippen molar-refractivity contribution in [2.24, 2.45) is 0 Å². The van der Waals surface area contributed by atoms with E-state index in [1.165, 1.54) is 11.8 Å². The highest BCUT2D eigenvalue weighted by Gasteiger charge is 2.05. The van der Waals surface area contributed by atoms with Gasteiger partial charge in [0.1, 0.15) is 11.1 Å². The highest BCUT2D eigenvalue weighted by molar-refractivity contribution is 7.99. The Morgan fingerprint density at radius 3 is 2.55 bits per heavy atom. The van der Waals surface area contributed by atoms with Gasteiger partial charge in [0.05, 0.1) is 17.5 Å². The zero-order valence-corrected chi connectivity index (χ0v) is 11.3. The van der Waals surface area contributed by atoms with E-state index < -0.39 is 0 Å². The molecule has 0 atom stereocenters. The third-order valence-electron chi connectivity index (χ3n) is 2.70. The molecule has 1 N–H and O–H groups in total. The van der Waals surface area contributed by atoms with Crippen molar-refractivity contribution < 1.29 is 0 Å². The van der Waals surface area contributed by atoms with Crippen LogP contribution < -0.4 is 0 Å². The van der Waals surface area contributed by atoms with Gasteiger partial charge >= 0.3 is 0 Å². The molecule has 3 rings (SSSR count). The van der Waals surface area contributed by atoms with Gasteiger partial charge in [-0.3, -0.25) is 0 Å². The van der Waals surface area contributed by atoms with Crippen molar-refractivity contribution in [2.75, 3.05) is 0 Å². The zero-order chi connectivity index (χ0) is 13.8. The van der Waals surface area contributed by atoms with Gasteiger partial charge in [-0.1, -0.05) is 30.3 Å². The summed E-state index contributed by atoms with van der Waals surface area (Å²) in [5.41, 5.74) is 2.63. The molecular weight excluding hydrogens is 268 g/mol. The van der Waals surface area contributed by atoms with Gasteiger partial charge < -0.3 is 4.98 Å². The van der Waals surface area contributed by atoms with Crippen LogP contribution in [-0.4, -0.2) is 15.0 Å². The molecule has 0 fully saturated rings. The number of nitriles is 1. The number of hydrogen-bond donors (Lipinski definition) is 1. The summed E-state index contributed by atoms with van der Waals surface area (Å²) >= 11 is 1.44. The fraction of sp³-hybridized carbons (Fsp3) is 0. The Morgan fingerprint density at radius 2 is 1.85 bits per heavy atom. The lowest BCUT2D eigenvalue weighted by Crippen LogP contribution is -1.83. The number of aromatic nitrogens is 3. The van der Waals surface area contributed by atoms with Gasteiger partial charge in [0.15, 0.2) is 5.16 Å². The van der Waals surface area contributed by atoms with Crippen LogP contribution in [0.25, 0.3) is 11.3 Å². The van der Waals surface area contributed by atoms with E-state index in [4.69, 9.17) is 5.26 Å². The third-order valence-corrected chi connectivity index (χ3v) is 3.56. The van der Waals surface area contributed by atoms with E-state index in [-0.39, 0.29) is 0 Å². The minimum absolute atomic E-state index is 0.554. The van der Waals surface area contributed by atoms with E-state index in [9.17, 15) is 0 Å². The Hall–Kier alpha value is -2.58. The average Bonchev–Trinajstić information content (AvgIpc) is 2.97. The summed E-state index contributed by atoms with van der Waals surface area (Å²) in [4.78, 5) is 11.8. The molecule has 0 unspecified atom stereocenters. The van der Waals surface area contributed by atoms with Gasteiger partial charge in [-0.05, 0) is 29.5 Å². The van der Waals surface area contributed by atoms with Crippen molar-refractivity contribution in [1.29, 1.82) is 5.26 Å². The van der Waals surface area contributed by atoms with Gasteiger partial charge in [-0.2, -0.15) is 5.26 Å². The van der Waals surface area contributed by atoms with Crippen LogP contribution in [0.4, 0.5) is 0 Å². The van der Waals surface area contributed by atoms with Crippen LogP contribution in [0, 0.1) is 11.3 Å². The van der Waals surface area contributed by atoms with Crippen LogP contribution >= 0.6 is 11.8 Å². The predicted octanol–water partition coefficient (Wildman–Crippen LogP) is 3.49. The minimum atomic E-state index is 0.554. The van der Waals surface area contributed by atoms with Crippen LogP contribution in [0.2, 0.25) is 0 Å². The third kappa shape index (κ3) is 2.71. The monoisotopic (exact) mass is 278 g/mol. The first-order valence-corrected chi connectivity index (χ1v) is 6.81. The normalized spacial score (nSPS) is 10.2. The summed E-state index contributed by atoms with van der Waals surface area (Å²) in [6, 6.07) is 15.6. The maximum absolute atomic E-state index is 8.73. The second-order valence-electron chi connectivity index (χ2n) is 4.07. The fourth-order valence-corrected chi connectivity index (χ4v) is 2.43. The van der Waals surface area contributed by atoms with E-state index in [1.54, 1.807) is 18.5 Å². The summed E-state index contributed by atoms with van der Waals surface area (Å²) in [6.45, 7) is 0. The van der Waals surface area contributed by atoms with E-state index >= 15 is 0 Å². The number of pyridine rings is 1. The summed E-state index contributed by atoms with van der Waals surface area (Å²) < 4.78 is 0. The first-order valence-electron chi connectivity index (χ1n) is 5.99. The molecule has 2 aromatic heterocycles. The van der Waals surface area contributed by atoms with Crippen molar-refractivity contribution in [1.82, 2.24) is 15.0 Å². The molecule has 0 spiro atoms. The lowest BCUT2D eigenvalue weighted by atomic mass is 10.2. The molecule has 0 aliphatic rings. The maximum atomic E-state index is 8.73. The standard InChI is InChI=1S/C15H10N4S/c16-8-11-6-7-14(17-9-11)20-15-18-10-13(19-15)12-4-2-1-3-5-12/h1-7,9-10H,(H,18,19). The highest BCUT2D eigenvalue weighted by Crippen LogP contribution is 2.26. The van der Waals surface area contributed by atoms with Crippen molar-refractivity contribution in [3.8, 4) is 17.3 Å². The number of aromatic amines is 1. The first-order chi connectivity index (χ1) is 9.85. The zero-order valence-electron chi connectivity index (χ0n) is 10.4. The largest absolute Gasteiger partial charge is 0.333 e. The Kier molecular flexibility index (Phi) is 3.48. The average molecular weight is 278 g/mol. The number of benzene rings is 1. The first kappa shape index (κ1) is 12.5. The number of hydrogen-bond acceptors (Lipinski definition) is 4. The quantitative estimate of drug-likeness (QED) is 0.796. The van der Waals surface area contributed by atoms with Gasteiger partial charge in [0.2, 0.25) is 0 Å². The number of rotatable bonds is 3. The maximum Gasteiger partial charge on any atom is 0.172 e. The number of imidazole rings is 1. The molecule has 0 aliphatic carbocycles. The van der Waals surface area contributed by atoms with Crippen LogP contribution in [0.5, 0.6) is 0 Å². The second kappa shape index (κ2) is 5.59. The molecule has 3 aromatic rings. The van der Waals surface area contributed by atoms with Gasteiger partial charge in [-0.25, -0.2) is 9.97 Å². The van der Waals surface area contributed by atoms with Crippen LogP contribution in [0.1, 0.15) is 5.56 Å². The molecule has 20 heavy (non-hydrogen) atoms. The van der Waals surface area contributed by atoms with Crippen molar-refractivity contribution >= 4 is 11.8 Å². The second-order valence-corrected chi connectivity index (χ2v) is 5.08. The molecule has 0 saturated carbocycles. The van der Waals surface area contributed by atoms with E-state index in [2.05, 4.69) is 15.0 Å². The molecule has 2 heterocycles. The van der Waals surface area contributed by atoms with Gasteiger partial charge in [0.25, 0.3) is 0 Å². The topological polar surface area (TPSA) is 65.4 Å². The Bertz CT molecular complexity index is 742. The molecule has 0 bridgehead atoms. The molecule has 5 heteroatoms. The lowest BCUT2D eigenvalue weighted by Gasteiger charge is -1.97. The summed E-state index contributed by atoms with van der Waals surface area (Å²) in [6.07, 6.45) is 3.37. The SMILES string of the molecule is N#Cc1ccc(Sc2ncc(-c3ccccc3)[nH]2)nc1. The van der Waals surface area contributed by atoms with Crippen molar-refractivity contribution in [2.45, 2.75) is 10.2 Å². The van der Waals surface area contributed by atoms with E-state index in [1.807, 2.05) is 42.5 Å². The fourth-order valence-electron chi connectivity index (χ4n) is 1.73. The smallest absolute Gasteiger partial charge is 0.172 e. The molecular formula is C15H10N4S. The van der Waals surface area contributed by atoms with Crippen LogP contribution in [0.15, 0.2) is 65.0 Å². The summed E-state index contributed by atoms with van der Waals surface area (Å²) in [5.74, 6) is 0. The lowest BCUT2D eigenvalue weighted by molar-refractivity contribution is 1.04. The van der Waals surface area contributed by atoms with Crippen molar-refractivity contribution in [3.63, 3.8) is 0 Å². The number of nitrogens with zero attached hydrogens (tertiary/aromatic N) is 3. The Morgan fingerprint density at radius 1 is 1.00 bits per heavy atom. The van der Waals surface area contributed by atoms with Gasteiger partial charge in [0, 0.05) is 6.20 Å². The molecule has 0 aliphatic heterocycles. The molecule has 0 saturated heterocycles. The molecule has 96 valence electrons. The molecule has 1 aromatic carbocycles. The van der Waals surface area contributed by atoms with E-state index in [0.717, 1.165) is 21.4 Å². The van der Waals surface area contributed by atoms with Crippen LogP contribution in [-0.2, 0) is 0 Å². The Balaban J connectivity index is 1.79. The number of nitrogens with one attached hydrogen (secondary N) is 1. The van der Waals surface area contributed by atoms with Gasteiger partial charge in [-0.15, -0.1) is 0 Å². The predicted molar refractivity (Wildman–Crippen MR) is 77.1 cm³/mol. The van der Waals surface area contributed by atoms with Crippen LogP contribution in [0.3, 0.4) is 0 Å². The molecule has 0 radical (unpaired) electrons. The van der Waals surface area contributed by atoms with E-state index in [0.29, 0.717) is 5.56 Å².